The molecule has 3 aromatic heterocycles. The molecule has 0 amide bonds. The van der Waals surface area contributed by atoms with Gasteiger partial charge in [-0.2, -0.15) is 35.5 Å². The maximum Gasteiger partial charge on any atom is 0.188 e. The molecule has 0 aliphatic heterocycles. The minimum absolute atomic E-state index is 0. The molecular weight excluding hydrogens is 940 g/mol. The van der Waals surface area contributed by atoms with Crippen LogP contribution in [0.25, 0.3) is 55.5 Å². The number of para-hydroxylation sites is 3. The van der Waals surface area contributed by atoms with Gasteiger partial charge in [0.25, 0.3) is 0 Å². The van der Waals surface area contributed by atoms with Crippen molar-refractivity contribution in [2.45, 2.75) is 46.1 Å². The summed E-state index contributed by atoms with van der Waals surface area (Å²) >= 11 is 0. The number of aromatic nitrogens is 4. The van der Waals surface area contributed by atoms with Crippen LogP contribution in [0.15, 0.2) is 188 Å². The standard InChI is InChI=1S/C55H47N4Si.Pt/c1-39(2)46-25-12-13-26-47(46)40-33-34-56-54(35-40)59-50-28-15-14-27-48(50)49-32-31-45(37-53(49)59)60(42-20-8-6-9-21-42,43-22-10-7-11-23-43)44-24-18-19-41(36-44)57-38-58(55(3,4)5)52-30-17-16-29-51(52)57;/h6-35,38-39H,1-5H3;/q-1;. The smallest absolute Gasteiger partial charge is 0.188 e. The van der Waals surface area contributed by atoms with Crippen LogP contribution in [0.4, 0.5) is 0 Å². The van der Waals surface area contributed by atoms with Gasteiger partial charge < -0.3 is 4.57 Å². The van der Waals surface area contributed by atoms with Gasteiger partial charge in [-0.3, -0.25) is 0 Å². The SMILES string of the molecule is CC(C)c1ccccc1-c1ccnc(-n2c3[c-]c([Si](c4[c-]c(-n5[cH+]n(C(C)(C)C)c6ccccc65)ccc4)(c4ccccc4)c4ccccc4)ccc3c3ccccc32)c1.[Pt]. The van der Waals surface area contributed by atoms with E-state index in [0.29, 0.717) is 5.92 Å². The quantitative estimate of drug-likeness (QED) is 0.0847. The van der Waals surface area contributed by atoms with E-state index in [1.54, 1.807) is 0 Å². The molecule has 302 valence electrons. The number of nitrogens with zero attached hydrogens (tertiary/aromatic N) is 4. The molecule has 7 aromatic carbocycles. The van der Waals surface area contributed by atoms with Crippen LogP contribution < -0.4 is 20.7 Å². The number of imidazole rings is 1. The van der Waals surface area contributed by atoms with Crippen LogP contribution in [0.1, 0.15) is 46.1 Å². The molecule has 10 rings (SSSR count). The number of hydrogen-bond acceptors (Lipinski definition) is 1. The van der Waals surface area contributed by atoms with Gasteiger partial charge in [0.15, 0.2) is 17.4 Å². The molecule has 0 radical (unpaired) electrons. The summed E-state index contributed by atoms with van der Waals surface area (Å²) in [4.78, 5) is 5.08. The Morgan fingerprint density at radius 3 is 1.92 bits per heavy atom. The van der Waals surface area contributed by atoms with E-state index in [0.717, 1.165) is 44.2 Å². The van der Waals surface area contributed by atoms with Crippen molar-refractivity contribution in [1.29, 1.82) is 0 Å². The summed E-state index contributed by atoms with van der Waals surface area (Å²) in [5.74, 6) is 1.26. The molecule has 0 unspecified atom stereocenters. The molecule has 0 fully saturated rings. The Hall–Kier alpha value is -6.13. The van der Waals surface area contributed by atoms with Crippen molar-refractivity contribution >= 4 is 61.7 Å². The third-order valence-corrected chi connectivity index (χ3v) is 16.7. The molecule has 0 aliphatic rings. The fourth-order valence-corrected chi connectivity index (χ4v) is 13.8. The molecule has 0 saturated carbocycles. The topological polar surface area (TPSA) is 27.7 Å². The van der Waals surface area contributed by atoms with Gasteiger partial charge in [-0.25, -0.2) is 14.1 Å². The van der Waals surface area contributed by atoms with Crippen LogP contribution >= 0.6 is 0 Å². The van der Waals surface area contributed by atoms with Gasteiger partial charge >= 0.3 is 0 Å². The second-order valence-corrected chi connectivity index (χ2v) is 20.8. The van der Waals surface area contributed by atoms with Crippen LogP contribution in [0.2, 0.25) is 0 Å². The first-order valence-corrected chi connectivity index (χ1v) is 22.9. The zero-order valence-corrected chi connectivity index (χ0v) is 38.4. The zero-order chi connectivity index (χ0) is 41.0. The van der Waals surface area contributed by atoms with Crippen LogP contribution in [-0.2, 0) is 26.6 Å². The summed E-state index contributed by atoms with van der Waals surface area (Å²) in [5.41, 5.74) is 9.07. The molecule has 0 N–H and O–H groups in total. The maximum absolute atomic E-state index is 5.08. The molecule has 4 nitrogen and oxygen atoms in total. The second kappa shape index (κ2) is 16.0. The predicted octanol–water partition coefficient (Wildman–Crippen LogP) is 10.7. The molecule has 0 aliphatic carbocycles. The fraction of sp³-hybridized carbons (Fsp3) is 0.127. The van der Waals surface area contributed by atoms with E-state index in [1.807, 2.05) is 6.20 Å². The van der Waals surface area contributed by atoms with Crippen LogP contribution in [0.3, 0.4) is 0 Å². The first-order chi connectivity index (χ1) is 29.2. The summed E-state index contributed by atoms with van der Waals surface area (Å²) in [6.07, 6.45) is 4.19. The van der Waals surface area contributed by atoms with Crippen molar-refractivity contribution in [3.05, 3.63) is 206 Å². The van der Waals surface area contributed by atoms with Crippen molar-refractivity contribution in [2.75, 3.05) is 0 Å². The minimum Gasteiger partial charge on any atom is -0.319 e. The van der Waals surface area contributed by atoms with Crippen LogP contribution in [0, 0.1) is 12.1 Å². The van der Waals surface area contributed by atoms with Crippen LogP contribution in [0.5, 0.6) is 0 Å². The summed E-state index contributed by atoms with van der Waals surface area (Å²) in [5, 5.41) is 7.20. The number of pyridine rings is 1. The van der Waals surface area contributed by atoms with E-state index in [9.17, 15) is 0 Å². The molecule has 6 heteroatoms. The van der Waals surface area contributed by atoms with Gasteiger partial charge in [0.2, 0.25) is 0 Å². The summed E-state index contributed by atoms with van der Waals surface area (Å²) in [6, 6.07) is 72.3. The molecule has 10 aromatic rings. The average molecular weight is 987 g/mol. The summed E-state index contributed by atoms with van der Waals surface area (Å²) in [7, 11) is -3.10. The van der Waals surface area contributed by atoms with E-state index in [4.69, 9.17) is 4.98 Å². The zero-order valence-electron chi connectivity index (χ0n) is 35.1. The minimum atomic E-state index is -3.10. The Labute approximate surface area is 374 Å². The number of hydrogen-bond donors (Lipinski definition) is 0. The van der Waals surface area contributed by atoms with Crippen molar-refractivity contribution in [3.8, 4) is 22.6 Å². The monoisotopic (exact) mass is 986 g/mol. The van der Waals surface area contributed by atoms with Crippen molar-refractivity contribution < 1.29 is 21.1 Å². The third-order valence-electron chi connectivity index (χ3n) is 12.1. The summed E-state index contributed by atoms with van der Waals surface area (Å²) < 4.78 is 7.00. The summed E-state index contributed by atoms with van der Waals surface area (Å²) in [6.45, 7) is 11.3. The Balaban J connectivity index is 0.00000476. The molecule has 0 spiro atoms. The van der Waals surface area contributed by atoms with Crippen molar-refractivity contribution in [1.82, 2.24) is 18.7 Å². The molecule has 0 saturated heterocycles. The number of rotatable bonds is 8. The van der Waals surface area contributed by atoms with Gasteiger partial charge in [-0.1, -0.05) is 122 Å². The third kappa shape index (κ3) is 6.81. The first-order valence-electron chi connectivity index (χ1n) is 20.9. The van der Waals surface area contributed by atoms with Crippen molar-refractivity contribution in [2.24, 2.45) is 0 Å². The molecule has 61 heavy (non-hydrogen) atoms. The van der Waals surface area contributed by atoms with Gasteiger partial charge in [0, 0.05) is 50.6 Å². The maximum atomic E-state index is 5.08. The van der Waals surface area contributed by atoms with E-state index >= 15 is 0 Å². The van der Waals surface area contributed by atoms with E-state index in [-0.39, 0.29) is 26.6 Å². The van der Waals surface area contributed by atoms with Gasteiger partial charge in [-0.05, 0) is 89.5 Å². The van der Waals surface area contributed by atoms with Gasteiger partial charge in [0.1, 0.15) is 13.9 Å². The molecular formula is C55H47N4PtSi-. The van der Waals surface area contributed by atoms with E-state index in [2.05, 4.69) is 243 Å². The normalized spacial score (nSPS) is 12.0. The fourth-order valence-electron chi connectivity index (χ4n) is 9.29. The van der Waals surface area contributed by atoms with Gasteiger partial charge in [0.05, 0.1) is 5.54 Å². The van der Waals surface area contributed by atoms with Crippen LogP contribution in [-0.4, -0.2) is 26.8 Å². The van der Waals surface area contributed by atoms with Crippen molar-refractivity contribution in [3.63, 3.8) is 0 Å². The predicted molar refractivity (Wildman–Crippen MR) is 254 cm³/mol. The Morgan fingerprint density at radius 1 is 0.590 bits per heavy atom. The molecule has 0 bridgehead atoms. The largest absolute Gasteiger partial charge is 0.319 e. The Morgan fingerprint density at radius 2 is 1.21 bits per heavy atom. The molecule has 0 atom stereocenters. The Bertz CT molecular complexity index is 3140. The number of fused-ring (bicyclic) bond motifs is 4. The van der Waals surface area contributed by atoms with E-state index < -0.39 is 8.07 Å². The molecule has 3 heterocycles. The second-order valence-electron chi connectivity index (χ2n) is 17.1. The number of benzene rings is 7. The van der Waals surface area contributed by atoms with Gasteiger partial charge in [-0.15, -0.1) is 22.7 Å². The average Bonchev–Trinajstić information content (AvgIpc) is 3.85. The first kappa shape index (κ1) is 40.3. The van der Waals surface area contributed by atoms with E-state index in [1.165, 1.54) is 37.6 Å². The Kier molecular flexibility index (Phi) is 10.6.